The standard InChI is InChI=1S/C15H25ClN2/c1-3-13-11-14(18(4-2)17-13)9-10-15(16)12-7-5-6-8-12/h11-12,15H,3-10H2,1-2H3. The van der Waals surface area contributed by atoms with Gasteiger partial charge < -0.3 is 0 Å². The highest BCUT2D eigenvalue weighted by atomic mass is 35.5. The molecule has 0 aliphatic heterocycles. The Kier molecular flexibility index (Phi) is 5.11. The van der Waals surface area contributed by atoms with Crippen LogP contribution in [0.1, 0.15) is 57.3 Å². The summed E-state index contributed by atoms with van der Waals surface area (Å²) in [4.78, 5) is 0. The third-order valence-electron chi connectivity index (χ3n) is 4.16. The van der Waals surface area contributed by atoms with E-state index in [0.29, 0.717) is 5.38 Å². The summed E-state index contributed by atoms with van der Waals surface area (Å²) in [6.07, 6.45) is 8.61. The number of rotatable bonds is 6. The molecule has 18 heavy (non-hydrogen) atoms. The van der Waals surface area contributed by atoms with Crippen molar-refractivity contribution in [1.29, 1.82) is 0 Å². The zero-order chi connectivity index (χ0) is 13.0. The Hall–Kier alpha value is -0.500. The van der Waals surface area contributed by atoms with E-state index in [1.165, 1.54) is 37.1 Å². The van der Waals surface area contributed by atoms with Crippen molar-refractivity contribution in [3.05, 3.63) is 17.5 Å². The van der Waals surface area contributed by atoms with Gasteiger partial charge >= 0.3 is 0 Å². The lowest BCUT2D eigenvalue weighted by Crippen LogP contribution is -2.13. The fraction of sp³-hybridized carbons (Fsp3) is 0.800. The first-order valence-corrected chi connectivity index (χ1v) is 7.87. The average molecular weight is 269 g/mol. The second-order valence-electron chi connectivity index (χ2n) is 5.40. The van der Waals surface area contributed by atoms with Gasteiger partial charge in [0.25, 0.3) is 0 Å². The molecule has 2 rings (SSSR count). The van der Waals surface area contributed by atoms with E-state index in [1.54, 1.807) is 0 Å². The van der Waals surface area contributed by atoms with Crippen molar-refractivity contribution in [2.24, 2.45) is 5.92 Å². The van der Waals surface area contributed by atoms with E-state index in [0.717, 1.165) is 31.7 Å². The summed E-state index contributed by atoms with van der Waals surface area (Å²) in [5, 5.41) is 4.96. The van der Waals surface area contributed by atoms with Crippen LogP contribution in [0.25, 0.3) is 0 Å². The lowest BCUT2D eigenvalue weighted by Gasteiger charge is -2.16. The van der Waals surface area contributed by atoms with E-state index in [4.69, 9.17) is 11.6 Å². The van der Waals surface area contributed by atoms with Crippen molar-refractivity contribution in [2.45, 2.75) is 70.7 Å². The molecule has 1 aliphatic carbocycles. The van der Waals surface area contributed by atoms with Gasteiger partial charge in [0, 0.05) is 17.6 Å². The SMILES string of the molecule is CCc1cc(CCC(Cl)C2CCCC2)n(CC)n1. The highest BCUT2D eigenvalue weighted by molar-refractivity contribution is 6.20. The van der Waals surface area contributed by atoms with Crippen LogP contribution in [0.3, 0.4) is 0 Å². The molecule has 0 saturated heterocycles. The quantitative estimate of drug-likeness (QED) is 0.707. The Morgan fingerprint density at radius 3 is 2.72 bits per heavy atom. The summed E-state index contributed by atoms with van der Waals surface area (Å²) in [5.41, 5.74) is 2.57. The van der Waals surface area contributed by atoms with Gasteiger partial charge in [-0.15, -0.1) is 11.6 Å². The van der Waals surface area contributed by atoms with Crippen LogP contribution in [0.5, 0.6) is 0 Å². The molecule has 3 heteroatoms. The van der Waals surface area contributed by atoms with Gasteiger partial charge in [0.1, 0.15) is 0 Å². The minimum Gasteiger partial charge on any atom is -0.270 e. The third kappa shape index (κ3) is 3.28. The topological polar surface area (TPSA) is 17.8 Å². The van der Waals surface area contributed by atoms with Crippen LogP contribution in [0.15, 0.2) is 6.07 Å². The number of hydrogen-bond donors (Lipinski definition) is 0. The molecule has 1 atom stereocenters. The highest BCUT2D eigenvalue weighted by Crippen LogP contribution is 2.32. The predicted molar refractivity (Wildman–Crippen MR) is 77.2 cm³/mol. The highest BCUT2D eigenvalue weighted by Gasteiger charge is 2.23. The van der Waals surface area contributed by atoms with Gasteiger partial charge in [-0.05, 0) is 51.0 Å². The largest absolute Gasteiger partial charge is 0.270 e. The first-order chi connectivity index (χ1) is 8.74. The molecule has 1 fully saturated rings. The van der Waals surface area contributed by atoms with Crippen molar-refractivity contribution in [1.82, 2.24) is 9.78 Å². The molecule has 0 N–H and O–H groups in total. The summed E-state index contributed by atoms with van der Waals surface area (Å²) < 4.78 is 2.14. The van der Waals surface area contributed by atoms with Gasteiger partial charge in [0.15, 0.2) is 0 Å². The van der Waals surface area contributed by atoms with Crippen molar-refractivity contribution < 1.29 is 0 Å². The van der Waals surface area contributed by atoms with Crippen molar-refractivity contribution in [2.75, 3.05) is 0 Å². The van der Waals surface area contributed by atoms with Crippen LogP contribution >= 0.6 is 11.6 Å². The molecule has 1 saturated carbocycles. The molecule has 0 spiro atoms. The number of halogens is 1. The number of alkyl halides is 1. The Labute approximate surface area is 116 Å². The first kappa shape index (κ1) is 13.9. The maximum atomic E-state index is 6.54. The Bertz CT molecular complexity index is 367. The molecular formula is C15H25ClN2. The zero-order valence-electron chi connectivity index (χ0n) is 11.7. The van der Waals surface area contributed by atoms with Crippen LogP contribution in [-0.2, 0) is 19.4 Å². The lowest BCUT2D eigenvalue weighted by atomic mass is 9.99. The van der Waals surface area contributed by atoms with Gasteiger partial charge in [0.2, 0.25) is 0 Å². The second-order valence-corrected chi connectivity index (χ2v) is 5.96. The Morgan fingerprint density at radius 1 is 1.39 bits per heavy atom. The van der Waals surface area contributed by atoms with Gasteiger partial charge in [-0.2, -0.15) is 5.10 Å². The minimum atomic E-state index is 0.359. The molecule has 0 bridgehead atoms. The fourth-order valence-corrected chi connectivity index (χ4v) is 3.36. The molecular weight excluding hydrogens is 244 g/mol. The second kappa shape index (κ2) is 6.60. The van der Waals surface area contributed by atoms with Crippen LogP contribution in [0.2, 0.25) is 0 Å². The first-order valence-electron chi connectivity index (χ1n) is 7.44. The van der Waals surface area contributed by atoms with Crippen LogP contribution in [0, 0.1) is 5.92 Å². The molecule has 0 radical (unpaired) electrons. The maximum absolute atomic E-state index is 6.54. The smallest absolute Gasteiger partial charge is 0.0624 e. The number of nitrogens with zero attached hydrogens (tertiary/aromatic N) is 2. The van der Waals surface area contributed by atoms with Gasteiger partial charge in [-0.25, -0.2) is 0 Å². The normalized spacial score (nSPS) is 18.4. The summed E-state index contributed by atoms with van der Waals surface area (Å²) >= 11 is 6.54. The van der Waals surface area contributed by atoms with Crippen molar-refractivity contribution >= 4 is 11.6 Å². The zero-order valence-corrected chi connectivity index (χ0v) is 12.4. The van der Waals surface area contributed by atoms with Crippen LogP contribution < -0.4 is 0 Å². The van der Waals surface area contributed by atoms with E-state index in [2.05, 4.69) is 29.7 Å². The molecule has 1 heterocycles. The summed E-state index contributed by atoms with van der Waals surface area (Å²) in [5.74, 6) is 0.760. The summed E-state index contributed by atoms with van der Waals surface area (Å²) in [7, 11) is 0. The fourth-order valence-electron chi connectivity index (χ4n) is 3.00. The number of aryl methyl sites for hydroxylation is 3. The number of hydrogen-bond acceptors (Lipinski definition) is 1. The minimum absolute atomic E-state index is 0.359. The maximum Gasteiger partial charge on any atom is 0.0624 e. The Balaban J connectivity index is 1.90. The molecule has 0 aromatic carbocycles. The molecule has 1 aromatic rings. The molecule has 0 amide bonds. The van der Waals surface area contributed by atoms with Gasteiger partial charge in [-0.3, -0.25) is 4.68 Å². The lowest BCUT2D eigenvalue weighted by molar-refractivity contribution is 0.484. The van der Waals surface area contributed by atoms with Gasteiger partial charge in [0.05, 0.1) is 5.69 Å². The molecule has 1 unspecified atom stereocenters. The molecule has 1 aliphatic rings. The van der Waals surface area contributed by atoms with Crippen LogP contribution in [-0.4, -0.2) is 15.2 Å². The monoisotopic (exact) mass is 268 g/mol. The van der Waals surface area contributed by atoms with E-state index in [9.17, 15) is 0 Å². The van der Waals surface area contributed by atoms with E-state index >= 15 is 0 Å². The average Bonchev–Trinajstić information content (AvgIpc) is 3.04. The number of aromatic nitrogens is 2. The van der Waals surface area contributed by atoms with Crippen LogP contribution in [0.4, 0.5) is 0 Å². The van der Waals surface area contributed by atoms with E-state index < -0.39 is 0 Å². The van der Waals surface area contributed by atoms with Crippen molar-refractivity contribution in [3.63, 3.8) is 0 Å². The molecule has 102 valence electrons. The summed E-state index contributed by atoms with van der Waals surface area (Å²) in [6.45, 7) is 5.28. The van der Waals surface area contributed by atoms with E-state index in [1.807, 2.05) is 0 Å². The third-order valence-corrected chi connectivity index (χ3v) is 4.74. The molecule has 2 nitrogen and oxygen atoms in total. The van der Waals surface area contributed by atoms with Gasteiger partial charge in [-0.1, -0.05) is 19.8 Å². The van der Waals surface area contributed by atoms with E-state index in [-0.39, 0.29) is 0 Å². The van der Waals surface area contributed by atoms with Crippen molar-refractivity contribution in [3.8, 4) is 0 Å². The Morgan fingerprint density at radius 2 is 2.11 bits per heavy atom. The summed E-state index contributed by atoms with van der Waals surface area (Å²) in [6, 6.07) is 2.25. The predicted octanol–water partition coefficient (Wildman–Crippen LogP) is 4.20. The molecule has 1 aromatic heterocycles.